The SMILES string of the molecule is COC(=O)CCCNC(=O)c1ccc(NS(=O)(=O)c2ccc(F)c(Cl)c2)cc1. The number of carbonyl (C=O) groups is 2. The molecule has 0 saturated heterocycles. The van der Waals surface area contributed by atoms with E-state index in [0.717, 1.165) is 18.2 Å². The monoisotopic (exact) mass is 428 g/mol. The van der Waals surface area contributed by atoms with E-state index in [1.165, 1.54) is 31.4 Å². The summed E-state index contributed by atoms with van der Waals surface area (Å²) >= 11 is 5.62. The lowest BCUT2D eigenvalue weighted by Crippen LogP contribution is -2.25. The Morgan fingerprint density at radius 1 is 1.14 bits per heavy atom. The molecule has 2 aromatic rings. The van der Waals surface area contributed by atoms with Crippen molar-refractivity contribution in [2.45, 2.75) is 17.7 Å². The Bertz CT molecular complexity index is 964. The molecule has 0 aromatic heterocycles. The molecule has 0 bridgehead atoms. The van der Waals surface area contributed by atoms with Gasteiger partial charge in [0, 0.05) is 24.2 Å². The van der Waals surface area contributed by atoms with Crippen LogP contribution < -0.4 is 10.0 Å². The summed E-state index contributed by atoms with van der Waals surface area (Å²) in [5.41, 5.74) is 0.550. The Labute approximate surface area is 166 Å². The number of sulfonamides is 1. The lowest BCUT2D eigenvalue weighted by Gasteiger charge is -2.10. The first-order chi connectivity index (χ1) is 13.2. The number of nitrogens with one attached hydrogen (secondary N) is 2. The largest absolute Gasteiger partial charge is 0.469 e. The normalized spacial score (nSPS) is 11.0. The van der Waals surface area contributed by atoms with Gasteiger partial charge in [0.2, 0.25) is 0 Å². The zero-order chi connectivity index (χ0) is 20.7. The fraction of sp³-hybridized carbons (Fsp3) is 0.222. The number of ether oxygens (including phenoxy) is 1. The van der Waals surface area contributed by atoms with Crippen LogP contribution >= 0.6 is 11.6 Å². The fourth-order valence-corrected chi connectivity index (χ4v) is 3.52. The van der Waals surface area contributed by atoms with E-state index in [9.17, 15) is 22.4 Å². The highest BCUT2D eigenvalue weighted by atomic mass is 35.5. The predicted octanol–water partition coefficient (Wildman–Crippen LogP) is 2.96. The van der Waals surface area contributed by atoms with E-state index in [1.807, 2.05) is 0 Å². The molecule has 2 N–H and O–H groups in total. The molecule has 28 heavy (non-hydrogen) atoms. The Balaban J connectivity index is 1.97. The van der Waals surface area contributed by atoms with Crippen molar-refractivity contribution in [3.05, 3.63) is 58.9 Å². The zero-order valence-corrected chi connectivity index (χ0v) is 16.4. The lowest BCUT2D eigenvalue weighted by atomic mass is 10.2. The van der Waals surface area contributed by atoms with Gasteiger partial charge in [0.05, 0.1) is 17.0 Å². The summed E-state index contributed by atoms with van der Waals surface area (Å²) in [4.78, 5) is 22.8. The molecule has 2 aromatic carbocycles. The number of halogens is 2. The number of hydrogen-bond donors (Lipinski definition) is 2. The number of rotatable bonds is 8. The van der Waals surface area contributed by atoms with E-state index >= 15 is 0 Å². The number of methoxy groups -OCH3 is 1. The van der Waals surface area contributed by atoms with Crippen LogP contribution in [-0.4, -0.2) is 33.9 Å². The molecule has 2 rings (SSSR count). The van der Waals surface area contributed by atoms with Crippen LogP contribution in [-0.2, 0) is 19.6 Å². The Hall–Kier alpha value is -2.65. The summed E-state index contributed by atoms with van der Waals surface area (Å²) in [6, 6.07) is 8.81. The van der Waals surface area contributed by atoms with E-state index in [4.69, 9.17) is 11.6 Å². The van der Waals surface area contributed by atoms with E-state index in [2.05, 4.69) is 14.8 Å². The second-order valence-electron chi connectivity index (χ2n) is 5.69. The minimum absolute atomic E-state index is 0.189. The maximum atomic E-state index is 13.2. The average Bonchev–Trinajstić information content (AvgIpc) is 2.67. The van der Waals surface area contributed by atoms with Crippen LogP contribution in [0, 0.1) is 5.82 Å². The molecule has 0 heterocycles. The zero-order valence-electron chi connectivity index (χ0n) is 14.9. The first-order valence-electron chi connectivity index (χ1n) is 8.16. The van der Waals surface area contributed by atoms with E-state index in [1.54, 1.807) is 0 Å². The van der Waals surface area contributed by atoms with Gasteiger partial charge >= 0.3 is 5.97 Å². The van der Waals surface area contributed by atoms with Crippen LogP contribution in [0.2, 0.25) is 5.02 Å². The summed E-state index contributed by atoms with van der Waals surface area (Å²) in [6.45, 7) is 0.299. The van der Waals surface area contributed by atoms with Gasteiger partial charge < -0.3 is 10.1 Å². The molecule has 10 heteroatoms. The highest BCUT2D eigenvalue weighted by molar-refractivity contribution is 7.92. The molecule has 7 nitrogen and oxygen atoms in total. The molecule has 0 radical (unpaired) electrons. The minimum atomic E-state index is -3.96. The molecule has 0 saturated carbocycles. The molecule has 0 spiro atoms. The minimum Gasteiger partial charge on any atom is -0.469 e. The van der Waals surface area contributed by atoms with Gasteiger partial charge in [-0.25, -0.2) is 12.8 Å². The molecule has 0 aliphatic carbocycles. The summed E-state index contributed by atoms with van der Waals surface area (Å²) in [5.74, 6) is -1.43. The summed E-state index contributed by atoms with van der Waals surface area (Å²) in [5, 5.41) is 2.34. The van der Waals surface area contributed by atoms with Gasteiger partial charge in [-0.05, 0) is 48.9 Å². The topological polar surface area (TPSA) is 102 Å². The molecule has 0 unspecified atom stereocenters. The van der Waals surface area contributed by atoms with Crippen LogP contribution in [0.3, 0.4) is 0 Å². The molecular weight excluding hydrogens is 411 g/mol. The predicted molar refractivity (Wildman–Crippen MR) is 102 cm³/mol. The van der Waals surface area contributed by atoms with E-state index in [-0.39, 0.29) is 33.9 Å². The van der Waals surface area contributed by atoms with Gasteiger partial charge in [-0.1, -0.05) is 11.6 Å². The second-order valence-corrected chi connectivity index (χ2v) is 7.78. The van der Waals surface area contributed by atoms with Crippen LogP contribution in [0.15, 0.2) is 47.4 Å². The Morgan fingerprint density at radius 3 is 2.43 bits per heavy atom. The average molecular weight is 429 g/mol. The number of benzene rings is 2. The molecule has 0 fully saturated rings. The van der Waals surface area contributed by atoms with Gasteiger partial charge in [-0.3, -0.25) is 14.3 Å². The fourth-order valence-electron chi connectivity index (χ4n) is 2.19. The number of hydrogen-bond acceptors (Lipinski definition) is 5. The number of esters is 1. The number of amides is 1. The van der Waals surface area contributed by atoms with Crippen LogP contribution in [0.5, 0.6) is 0 Å². The molecule has 1 amide bonds. The van der Waals surface area contributed by atoms with Crippen molar-refractivity contribution in [2.24, 2.45) is 0 Å². The summed E-state index contributed by atoms with van der Waals surface area (Å²) in [6.07, 6.45) is 0.640. The third-order valence-corrected chi connectivity index (χ3v) is 5.34. The quantitative estimate of drug-likeness (QED) is 0.497. The second kappa shape index (κ2) is 9.52. The van der Waals surface area contributed by atoms with Crippen LogP contribution in [0.25, 0.3) is 0 Å². The van der Waals surface area contributed by atoms with Crippen molar-refractivity contribution in [2.75, 3.05) is 18.4 Å². The van der Waals surface area contributed by atoms with Gasteiger partial charge in [0.15, 0.2) is 0 Å². The molecule has 150 valence electrons. The third-order valence-electron chi connectivity index (χ3n) is 3.67. The van der Waals surface area contributed by atoms with Crippen LogP contribution in [0.1, 0.15) is 23.2 Å². The van der Waals surface area contributed by atoms with Gasteiger partial charge in [0.1, 0.15) is 5.82 Å². The molecular formula is C18H18ClFN2O5S. The smallest absolute Gasteiger partial charge is 0.305 e. The first kappa shape index (κ1) is 21.6. The maximum absolute atomic E-state index is 13.2. The van der Waals surface area contributed by atoms with E-state index < -0.39 is 15.8 Å². The highest BCUT2D eigenvalue weighted by Crippen LogP contribution is 2.22. The summed E-state index contributed by atoms with van der Waals surface area (Å²) < 4.78 is 44.7. The van der Waals surface area contributed by atoms with Crippen molar-refractivity contribution in [1.29, 1.82) is 0 Å². The Morgan fingerprint density at radius 2 is 1.82 bits per heavy atom. The van der Waals surface area contributed by atoms with Crippen molar-refractivity contribution >= 4 is 39.2 Å². The maximum Gasteiger partial charge on any atom is 0.305 e. The van der Waals surface area contributed by atoms with Gasteiger partial charge in [-0.15, -0.1) is 0 Å². The summed E-state index contributed by atoms with van der Waals surface area (Å²) in [7, 11) is -2.67. The Kier molecular flexibility index (Phi) is 7.36. The molecule has 0 atom stereocenters. The molecule has 0 aliphatic rings. The van der Waals surface area contributed by atoms with Gasteiger partial charge in [0.25, 0.3) is 15.9 Å². The van der Waals surface area contributed by atoms with Crippen molar-refractivity contribution < 1.29 is 27.1 Å². The van der Waals surface area contributed by atoms with E-state index in [0.29, 0.717) is 18.5 Å². The first-order valence-corrected chi connectivity index (χ1v) is 10.0. The molecule has 0 aliphatic heterocycles. The van der Waals surface area contributed by atoms with Crippen molar-refractivity contribution in [3.8, 4) is 0 Å². The number of anilines is 1. The highest BCUT2D eigenvalue weighted by Gasteiger charge is 2.16. The number of carbonyl (C=O) groups excluding carboxylic acids is 2. The standard InChI is InChI=1S/C18H18ClFN2O5S/c1-27-17(23)3-2-10-21-18(24)12-4-6-13(7-5-12)22-28(25,26)14-8-9-16(20)15(19)11-14/h4-9,11,22H,2-3,10H2,1H3,(H,21,24). The lowest BCUT2D eigenvalue weighted by molar-refractivity contribution is -0.140. The van der Waals surface area contributed by atoms with Crippen LogP contribution in [0.4, 0.5) is 10.1 Å². The van der Waals surface area contributed by atoms with Crippen molar-refractivity contribution in [1.82, 2.24) is 5.32 Å². The van der Waals surface area contributed by atoms with Crippen molar-refractivity contribution in [3.63, 3.8) is 0 Å². The third kappa shape index (κ3) is 5.93. The van der Waals surface area contributed by atoms with Gasteiger partial charge in [-0.2, -0.15) is 0 Å².